The van der Waals surface area contributed by atoms with Crippen LogP contribution >= 0.6 is 0 Å². The Kier molecular flexibility index (Phi) is 4.53. The van der Waals surface area contributed by atoms with E-state index in [-0.39, 0.29) is 5.41 Å². The molecule has 1 N–H and O–H groups in total. The summed E-state index contributed by atoms with van der Waals surface area (Å²) in [5.74, 6) is 1.90. The summed E-state index contributed by atoms with van der Waals surface area (Å²) in [6.45, 7) is 9.92. The molecule has 0 unspecified atom stereocenters. The van der Waals surface area contributed by atoms with Crippen LogP contribution < -0.4 is 10.1 Å². The number of rotatable bonds is 4. The molecule has 0 saturated carbocycles. The first-order valence-corrected chi connectivity index (χ1v) is 7.19. The van der Waals surface area contributed by atoms with Gasteiger partial charge >= 0.3 is 0 Å². The van der Waals surface area contributed by atoms with Crippen LogP contribution in [0.15, 0.2) is 29.3 Å². The Hall–Kier alpha value is -1.71. The average molecular weight is 275 g/mol. The van der Waals surface area contributed by atoms with E-state index in [1.807, 2.05) is 13.1 Å². The maximum atomic E-state index is 5.80. The molecule has 110 valence electrons. The van der Waals surface area contributed by atoms with E-state index in [1.165, 1.54) is 5.56 Å². The lowest BCUT2D eigenvalue weighted by Gasteiger charge is -2.20. The molecule has 0 saturated heterocycles. The third-order valence-corrected chi connectivity index (χ3v) is 3.41. The van der Waals surface area contributed by atoms with Crippen LogP contribution in [0.1, 0.15) is 26.3 Å². The maximum absolute atomic E-state index is 5.80. The van der Waals surface area contributed by atoms with Crippen molar-refractivity contribution in [3.8, 4) is 5.75 Å². The van der Waals surface area contributed by atoms with E-state index in [4.69, 9.17) is 4.74 Å². The Morgan fingerprint density at radius 1 is 1.35 bits per heavy atom. The Bertz CT molecular complexity index is 477. The number of hydrogen-bond donors (Lipinski definition) is 1. The standard InChI is InChI=1S/C16H25N3O/c1-16(2,3)13-6-5-7-14(12-13)20-11-9-18-15-17-8-10-19(15)4/h5-7,12H,8-11H2,1-4H3,(H,17,18). The molecule has 0 bridgehead atoms. The van der Waals surface area contributed by atoms with Crippen molar-refractivity contribution in [1.29, 1.82) is 0 Å². The first kappa shape index (κ1) is 14.7. The number of benzene rings is 1. The summed E-state index contributed by atoms with van der Waals surface area (Å²) in [4.78, 5) is 6.51. The zero-order valence-corrected chi connectivity index (χ0v) is 12.9. The predicted molar refractivity (Wildman–Crippen MR) is 83.6 cm³/mol. The Morgan fingerprint density at radius 2 is 2.15 bits per heavy atom. The second kappa shape index (κ2) is 6.16. The van der Waals surface area contributed by atoms with Crippen LogP contribution in [0.4, 0.5) is 0 Å². The molecule has 0 fully saturated rings. The monoisotopic (exact) mass is 275 g/mol. The minimum atomic E-state index is 0.152. The molecule has 1 aromatic rings. The maximum Gasteiger partial charge on any atom is 0.193 e. The van der Waals surface area contributed by atoms with Crippen LogP contribution in [0.2, 0.25) is 0 Å². The summed E-state index contributed by atoms with van der Waals surface area (Å²) in [7, 11) is 2.05. The molecular weight excluding hydrogens is 250 g/mol. The van der Waals surface area contributed by atoms with Gasteiger partial charge in [0.15, 0.2) is 5.96 Å². The highest BCUT2D eigenvalue weighted by molar-refractivity contribution is 5.81. The van der Waals surface area contributed by atoms with Gasteiger partial charge in [-0.1, -0.05) is 32.9 Å². The van der Waals surface area contributed by atoms with Gasteiger partial charge in [0.2, 0.25) is 0 Å². The van der Waals surface area contributed by atoms with E-state index in [2.05, 4.69) is 54.2 Å². The molecule has 0 aromatic heterocycles. The summed E-state index contributed by atoms with van der Waals surface area (Å²) in [6.07, 6.45) is 0. The quantitative estimate of drug-likeness (QED) is 0.856. The molecule has 0 spiro atoms. The van der Waals surface area contributed by atoms with Gasteiger partial charge in [-0.15, -0.1) is 0 Å². The van der Waals surface area contributed by atoms with Gasteiger partial charge in [0.05, 0.1) is 13.1 Å². The van der Waals surface area contributed by atoms with E-state index in [0.717, 1.165) is 31.3 Å². The highest BCUT2D eigenvalue weighted by Crippen LogP contribution is 2.25. The van der Waals surface area contributed by atoms with Crippen molar-refractivity contribution in [1.82, 2.24) is 10.2 Å². The summed E-state index contributed by atoms with van der Waals surface area (Å²) in [6, 6.07) is 8.33. The third-order valence-electron chi connectivity index (χ3n) is 3.41. The third kappa shape index (κ3) is 3.89. The first-order chi connectivity index (χ1) is 9.47. The predicted octanol–water partition coefficient (Wildman–Crippen LogP) is 2.25. The molecule has 2 rings (SSSR count). The highest BCUT2D eigenvalue weighted by atomic mass is 16.5. The van der Waals surface area contributed by atoms with Gasteiger partial charge < -0.3 is 15.0 Å². The minimum absolute atomic E-state index is 0.152. The average Bonchev–Trinajstić information content (AvgIpc) is 2.80. The van der Waals surface area contributed by atoms with Gasteiger partial charge in [-0.05, 0) is 23.1 Å². The van der Waals surface area contributed by atoms with E-state index in [0.29, 0.717) is 6.61 Å². The zero-order valence-electron chi connectivity index (χ0n) is 12.9. The summed E-state index contributed by atoms with van der Waals surface area (Å²) in [5.41, 5.74) is 1.45. The summed E-state index contributed by atoms with van der Waals surface area (Å²) < 4.78 is 5.80. The number of aliphatic imine (C=N–C) groups is 1. The lowest BCUT2D eigenvalue weighted by molar-refractivity contribution is 0.319. The van der Waals surface area contributed by atoms with Gasteiger partial charge in [-0.25, -0.2) is 0 Å². The van der Waals surface area contributed by atoms with E-state index >= 15 is 0 Å². The van der Waals surface area contributed by atoms with Crippen molar-refractivity contribution in [3.05, 3.63) is 29.8 Å². The Balaban J connectivity index is 1.80. The topological polar surface area (TPSA) is 36.9 Å². The van der Waals surface area contributed by atoms with E-state index < -0.39 is 0 Å². The SMILES string of the molecule is CN1CCN=C1NCCOc1cccc(C(C)(C)C)c1. The van der Waals surface area contributed by atoms with Crippen LogP contribution in [-0.4, -0.2) is 44.1 Å². The van der Waals surface area contributed by atoms with Crippen LogP contribution in [-0.2, 0) is 5.41 Å². The molecule has 1 aliphatic rings. The van der Waals surface area contributed by atoms with E-state index in [9.17, 15) is 0 Å². The summed E-state index contributed by atoms with van der Waals surface area (Å²) >= 11 is 0. The van der Waals surface area contributed by atoms with Crippen molar-refractivity contribution >= 4 is 5.96 Å². The largest absolute Gasteiger partial charge is 0.492 e. The van der Waals surface area contributed by atoms with E-state index in [1.54, 1.807) is 0 Å². The van der Waals surface area contributed by atoms with Gasteiger partial charge in [0.25, 0.3) is 0 Å². The van der Waals surface area contributed by atoms with Crippen molar-refractivity contribution < 1.29 is 4.74 Å². The molecule has 1 aromatic carbocycles. The van der Waals surface area contributed by atoms with Crippen molar-refractivity contribution in [2.75, 3.05) is 33.3 Å². The molecule has 0 aliphatic carbocycles. The molecular formula is C16H25N3O. The molecule has 0 radical (unpaired) electrons. The molecule has 0 amide bonds. The second-order valence-corrected chi connectivity index (χ2v) is 6.18. The van der Waals surface area contributed by atoms with Crippen LogP contribution in [0, 0.1) is 0 Å². The number of nitrogens with zero attached hydrogens (tertiary/aromatic N) is 2. The fourth-order valence-electron chi connectivity index (χ4n) is 2.11. The van der Waals surface area contributed by atoms with Gasteiger partial charge in [0.1, 0.15) is 12.4 Å². The zero-order chi connectivity index (χ0) is 14.6. The smallest absolute Gasteiger partial charge is 0.193 e. The molecule has 20 heavy (non-hydrogen) atoms. The molecule has 4 heteroatoms. The van der Waals surface area contributed by atoms with Crippen LogP contribution in [0.3, 0.4) is 0 Å². The van der Waals surface area contributed by atoms with Crippen LogP contribution in [0.5, 0.6) is 5.75 Å². The number of likely N-dealkylation sites (N-methyl/N-ethyl adjacent to an activating group) is 1. The van der Waals surface area contributed by atoms with Gasteiger partial charge in [0, 0.05) is 13.6 Å². The Morgan fingerprint density at radius 3 is 2.80 bits per heavy atom. The second-order valence-electron chi connectivity index (χ2n) is 6.18. The minimum Gasteiger partial charge on any atom is -0.492 e. The van der Waals surface area contributed by atoms with Crippen molar-refractivity contribution in [2.45, 2.75) is 26.2 Å². The van der Waals surface area contributed by atoms with Gasteiger partial charge in [-0.2, -0.15) is 0 Å². The molecule has 4 nitrogen and oxygen atoms in total. The molecule has 1 heterocycles. The number of nitrogens with one attached hydrogen (secondary N) is 1. The van der Waals surface area contributed by atoms with Gasteiger partial charge in [-0.3, -0.25) is 4.99 Å². The fourth-order valence-corrected chi connectivity index (χ4v) is 2.11. The summed E-state index contributed by atoms with van der Waals surface area (Å²) in [5, 5.41) is 3.30. The number of hydrogen-bond acceptors (Lipinski definition) is 4. The molecule has 0 atom stereocenters. The van der Waals surface area contributed by atoms with Crippen molar-refractivity contribution in [2.24, 2.45) is 4.99 Å². The first-order valence-electron chi connectivity index (χ1n) is 7.19. The lowest BCUT2D eigenvalue weighted by atomic mass is 9.87. The van der Waals surface area contributed by atoms with Crippen molar-refractivity contribution in [3.63, 3.8) is 0 Å². The Labute approximate surface area is 121 Å². The van der Waals surface area contributed by atoms with Crippen LogP contribution in [0.25, 0.3) is 0 Å². The molecule has 1 aliphatic heterocycles. The number of ether oxygens (including phenoxy) is 1. The highest BCUT2D eigenvalue weighted by Gasteiger charge is 2.14. The number of guanidine groups is 1. The normalized spacial score (nSPS) is 15.2. The lowest BCUT2D eigenvalue weighted by Crippen LogP contribution is -2.37. The fraction of sp³-hybridized carbons (Fsp3) is 0.562.